The van der Waals surface area contributed by atoms with E-state index in [-0.39, 0.29) is 0 Å². The molecule has 0 heterocycles. The number of ketones is 1. The first-order valence-corrected chi connectivity index (χ1v) is 10.2. The number of aliphatic hydroxyl groups excluding tert-OH is 1. The van der Waals surface area contributed by atoms with Gasteiger partial charge in [-0.15, -0.1) is 0 Å². The molecule has 4 aliphatic rings. The van der Waals surface area contributed by atoms with Crippen LogP contribution in [0.15, 0.2) is 11.6 Å². The quantitative estimate of drug-likeness (QED) is 0.792. The molecule has 0 aliphatic heterocycles. The molecule has 0 amide bonds. The number of carbonyl (C=O) groups is 1. The van der Waals surface area contributed by atoms with Gasteiger partial charge in [0, 0.05) is 13.0 Å². The van der Waals surface area contributed by atoms with Gasteiger partial charge in [-0.25, -0.2) is 0 Å². The van der Waals surface area contributed by atoms with Crippen molar-refractivity contribution in [1.82, 2.24) is 0 Å². The van der Waals surface area contributed by atoms with Gasteiger partial charge in [0.15, 0.2) is 5.78 Å². The maximum absolute atomic E-state index is 11.9. The van der Waals surface area contributed by atoms with Crippen molar-refractivity contribution in [2.45, 2.75) is 72.1 Å². The highest BCUT2D eigenvalue weighted by molar-refractivity contribution is 5.91. The number of fused-ring (bicyclic) bond motifs is 5. The average molecular weight is 331 g/mol. The van der Waals surface area contributed by atoms with Crippen LogP contribution in [0.25, 0.3) is 0 Å². The van der Waals surface area contributed by atoms with E-state index in [0.29, 0.717) is 35.1 Å². The average Bonchev–Trinajstić information content (AvgIpc) is 2.92. The molecule has 2 nitrogen and oxygen atoms in total. The summed E-state index contributed by atoms with van der Waals surface area (Å²) in [6, 6.07) is 0. The Bertz CT molecular complexity index is 564. The monoisotopic (exact) mass is 330 g/mol. The molecule has 0 aromatic carbocycles. The van der Waals surface area contributed by atoms with Gasteiger partial charge in [0.1, 0.15) is 0 Å². The van der Waals surface area contributed by atoms with Gasteiger partial charge in [-0.3, -0.25) is 4.79 Å². The van der Waals surface area contributed by atoms with Crippen molar-refractivity contribution in [3.63, 3.8) is 0 Å². The van der Waals surface area contributed by atoms with Crippen LogP contribution in [0.3, 0.4) is 0 Å². The van der Waals surface area contributed by atoms with Crippen LogP contribution in [0.5, 0.6) is 0 Å². The second kappa shape index (κ2) is 5.69. The second-order valence-electron chi connectivity index (χ2n) is 9.86. The highest BCUT2D eigenvalue weighted by Gasteiger charge is 2.59. The van der Waals surface area contributed by atoms with Crippen LogP contribution in [-0.4, -0.2) is 17.5 Å². The molecule has 4 aliphatic carbocycles. The maximum Gasteiger partial charge on any atom is 0.155 e. The first kappa shape index (κ1) is 16.8. The van der Waals surface area contributed by atoms with E-state index >= 15 is 0 Å². The molecular formula is C22H34O2. The van der Waals surface area contributed by atoms with Crippen LogP contribution in [0.1, 0.15) is 72.1 Å². The van der Waals surface area contributed by atoms with Crippen LogP contribution < -0.4 is 0 Å². The summed E-state index contributed by atoms with van der Waals surface area (Å²) in [6.07, 6.45) is 11.6. The fraction of sp³-hybridized carbons (Fsp3) is 0.864. The lowest BCUT2D eigenvalue weighted by Gasteiger charge is -2.58. The molecule has 134 valence electrons. The fourth-order valence-corrected chi connectivity index (χ4v) is 7.66. The van der Waals surface area contributed by atoms with Crippen molar-refractivity contribution in [3.8, 4) is 0 Å². The zero-order chi connectivity index (χ0) is 17.1. The second-order valence-corrected chi connectivity index (χ2v) is 9.86. The highest BCUT2D eigenvalue weighted by atomic mass is 16.3. The van der Waals surface area contributed by atoms with Crippen molar-refractivity contribution in [2.24, 2.45) is 40.4 Å². The van der Waals surface area contributed by atoms with Crippen molar-refractivity contribution in [1.29, 1.82) is 0 Å². The van der Waals surface area contributed by atoms with Gasteiger partial charge >= 0.3 is 0 Å². The van der Waals surface area contributed by atoms with Crippen molar-refractivity contribution >= 4 is 5.78 Å². The number of allylic oxidation sites excluding steroid dienone is 1. The molecule has 1 N–H and O–H groups in total. The molecule has 0 aromatic rings. The predicted molar refractivity (Wildman–Crippen MR) is 96.4 cm³/mol. The molecule has 7 atom stereocenters. The predicted octanol–water partition coefficient (Wildman–Crippen LogP) is 4.76. The van der Waals surface area contributed by atoms with Gasteiger partial charge in [0.25, 0.3) is 0 Å². The molecule has 24 heavy (non-hydrogen) atoms. The Morgan fingerprint density at radius 3 is 2.67 bits per heavy atom. The van der Waals surface area contributed by atoms with E-state index in [1.165, 1.54) is 37.7 Å². The van der Waals surface area contributed by atoms with Gasteiger partial charge in [-0.2, -0.15) is 0 Å². The van der Waals surface area contributed by atoms with Gasteiger partial charge in [0.2, 0.25) is 0 Å². The summed E-state index contributed by atoms with van der Waals surface area (Å²) in [5.41, 5.74) is 2.20. The lowest BCUT2D eigenvalue weighted by Crippen LogP contribution is -2.51. The van der Waals surface area contributed by atoms with Crippen molar-refractivity contribution < 1.29 is 9.90 Å². The Morgan fingerprint density at radius 2 is 1.92 bits per heavy atom. The minimum absolute atomic E-state index is 0.291. The number of hydrogen-bond donors (Lipinski definition) is 1. The Kier molecular flexibility index (Phi) is 3.99. The van der Waals surface area contributed by atoms with E-state index < -0.39 is 0 Å². The summed E-state index contributed by atoms with van der Waals surface area (Å²) in [6.45, 7) is 7.59. The van der Waals surface area contributed by atoms with E-state index in [4.69, 9.17) is 0 Å². The topological polar surface area (TPSA) is 37.3 Å². The number of hydrogen-bond acceptors (Lipinski definition) is 2. The van der Waals surface area contributed by atoms with E-state index in [1.807, 2.05) is 6.08 Å². The molecule has 0 unspecified atom stereocenters. The lowest BCUT2D eigenvalue weighted by atomic mass is 9.46. The normalized spacial score (nSPS) is 49.0. The third-order valence-corrected chi connectivity index (χ3v) is 9.01. The zero-order valence-electron chi connectivity index (χ0n) is 15.7. The SMILES string of the molecule is C[C@H](CO)[C@H]1CC[C@H]2[C@@H]3CCC4=CC(=O)CC[C@]4(C)[C@H]3CC[C@]12C. The van der Waals surface area contributed by atoms with Gasteiger partial charge in [0.05, 0.1) is 0 Å². The van der Waals surface area contributed by atoms with Crippen LogP contribution in [0, 0.1) is 40.4 Å². The summed E-state index contributed by atoms with van der Waals surface area (Å²) in [5.74, 6) is 3.97. The van der Waals surface area contributed by atoms with Crippen LogP contribution in [-0.2, 0) is 4.79 Å². The molecule has 0 spiro atoms. The third kappa shape index (κ3) is 2.21. The lowest BCUT2D eigenvalue weighted by molar-refractivity contribution is -0.117. The van der Waals surface area contributed by atoms with Crippen LogP contribution in [0.2, 0.25) is 0 Å². The third-order valence-electron chi connectivity index (χ3n) is 9.01. The molecule has 0 bridgehead atoms. The minimum Gasteiger partial charge on any atom is -0.396 e. The van der Waals surface area contributed by atoms with Crippen molar-refractivity contribution in [3.05, 3.63) is 11.6 Å². The van der Waals surface area contributed by atoms with E-state index in [1.54, 1.807) is 0 Å². The summed E-state index contributed by atoms with van der Waals surface area (Å²) in [7, 11) is 0. The Balaban J connectivity index is 1.63. The minimum atomic E-state index is 0.291. The summed E-state index contributed by atoms with van der Waals surface area (Å²) in [4.78, 5) is 11.9. The van der Waals surface area contributed by atoms with Gasteiger partial charge < -0.3 is 5.11 Å². The molecule has 0 aromatic heterocycles. The zero-order valence-corrected chi connectivity index (χ0v) is 15.7. The van der Waals surface area contributed by atoms with Crippen molar-refractivity contribution in [2.75, 3.05) is 6.61 Å². The van der Waals surface area contributed by atoms with E-state index in [0.717, 1.165) is 37.0 Å². The molecular weight excluding hydrogens is 296 g/mol. The fourth-order valence-electron chi connectivity index (χ4n) is 7.66. The number of aliphatic hydroxyl groups is 1. The van der Waals surface area contributed by atoms with Crippen LogP contribution in [0.4, 0.5) is 0 Å². The first-order chi connectivity index (χ1) is 11.4. The summed E-state index contributed by atoms with van der Waals surface area (Å²) in [5, 5.41) is 9.71. The Hall–Kier alpha value is -0.630. The Labute approximate surface area is 147 Å². The standard InChI is InChI=1S/C22H34O2/c1-14(13-23)18-6-7-19-17-5-4-15-12-16(24)8-10-21(15,2)20(17)9-11-22(18,19)3/h12,14,17-20,23H,4-11,13H2,1-3H3/t14-,17+,18-,19+,20+,21+,22-/m1/s1. The smallest absolute Gasteiger partial charge is 0.155 e. The van der Waals surface area contributed by atoms with Gasteiger partial charge in [-0.05, 0) is 91.4 Å². The largest absolute Gasteiger partial charge is 0.396 e. The molecule has 2 heteroatoms. The molecule has 4 rings (SSSR count). The van der Waals surface area contributed by atoms with Gasteiger partial charge in [-0.1, -0.05) is 26.3 Å². The van der Waals surface area contributed by atoms with Crippen LogP contribution >= 0.6 is 0 Å². The highest BCUT2D eigenvalue weighted by Crippen LogP contribution is 2.67. The maximum atomic E-state index is 11.9. The summed E-state index contributed by atoms with van der Waals surface area (Å²) < 4.78 is 0. The number of rotatable bonds is 2. The first-order valence-electron chi connectivity index (χ1n) is 10.2. The number of carbonyl (C=O) groups excluding carboxylic acids is 1. The molecule has 3 fully saturated rings. The molecule has 3 saturated carbocycles. The Morgan fingerprint density at radius 1 is 1.12 bits per heavy atom. The molecule has 0 saturated heterocycles. The summed E-state index contributed by atoms with van der Waals surface area (Å²) >= 11 is 0. The van der Waals surface area contributed by atoms with E-state index in [9.17, 15) is 9.90 Å². The molecule has 0 radical (unpaired) electrons. The van der Waals surface area contributed by atoms with E-state index in [2.05, 4.69) is 20.8 Å².